The van der Waals surface area contributed by atoms with Gasteiger partial charge in [0.1, 0.15) is 12.4 Å². The maximum atomic E-state index is 8.66. The minimum absolute atomic E-state index is 0.104. The summed E-state index contributed by atoms with van der Waals surface area (Å²) in [7, 11) is 0. The van der Waals surface area contributed by atoms with Crippen molar-refractivity contribution in [2.24, 2.45) is 5.92 Å². The number of hydrogen-bond acceptors (Lipinski definition) is 2. The van der Waals surface area contributed by atoms with Gasteiger partial charge in [0, 0.05) is 5.56 Å². The molecule has 0 fully saturated rings. The number of ether oxygens (including phenoxy) is 1. The van der Waals surface area contributed by atoms with Crippen LogP contribution in [0.5, 0.6) is 5.75 Å². The van der Waals surface area contributed by atoms with Gasteiger partial charge in [-0.15, -0.1) is 0 Å². The maximum absolute atomic E-state index is 8.66. The highest BCUT2D eigenvalue weighted by Gasteiger charge is 1.99. The standard InChI is InChI=1S/C16H22O2/c1-13(2)6-5-11-18-16-9-8-15(7-4-10-17)14(3)12-16/h8-9,12-13,17H,5-6,10-11H2,1-3H3. The van der Waals surface area contributed by atoms with Crippen molar-refractivity contribution in [1.29, 1.82) is 0 Å². The lowest BCUT2D eigenvalue weighted by molar-refractivity contribution is 0.297. The Balaban J connectivity index is 2.51. The molecule has 1 aromatic carbocycles. The number of aliphatic hydroxyl groups is 1. The summed E-state index contributed by atoms with van der Waals surface area (Å²) < 4.78 is 5.70. The summed E-state index contributed by atoms with van der Waals surface area (Å²) in [6.07, 6.45) is 2.28. The van der Waals surface area contributed by atoms with Crippen molar-refractivity contribution in [3.8, 4) is 17.6 Å². The summed E-state index contributed by atoms with van der Waals surface area (Å²) in [5.41, 5.74) is 2.02. The molecule has 0 amide bonds. The number of rotatable bonds is 5. The Morgan fingerprint density at radius 3 is 2.72 bits per heavy atom. The Morgan fingerprint density at radius 2 is 2.11 bits per heavy atom. The first-order valence-corrected chi connectivity index (χ1v) is 6.46. The molecule has 0 saturated heterocycles. The van der Waals surface area contributed by atoms with Gasteiger partial charge in [0.25, 0.3) is 0 Å². The molecule has 2 heteroatoms. The summed E-state index contributed by atoms with van der Waals surface area (Å²) in [6, 6.07) is 5.87. The van der Waals surface area contributed by atoms with Crippen molar-refractivity contribution in [2.75, 3.05) is 13.2 Å². The molecular weight excluding hydrogens is 224 g/mol. The quantitative estimate of drug-likeness (QED) is 0.639. The second-order valence-corrected chi connectivity index (χ2v) is 4.82. The van der Waals surface area contributed by atoms with E-state index in [1.165, 1.54) is 6.42 Å². The molecule has 0 aliphatic carbocycles. The normalized spacial score (nSPS) is 10.1. The summed E-state index contributed by atoms with van der Waals surface area (Å²) in [5.74, 6) is 7.19. The van der Waals surface area contributed by atoms with Crippen LogP contribution in [-0.2, 0) is 0 Å². The van der Waals surface area contributed by atoms with Crippen LogP contribution in [0.2, 0.25) is 0 Å². The number of benzene rings is 1. The average Bonchev–Trinajstić information content (AvgIpc) is 2.33. The van der Waals surface area contributed by atoms with Crippen LogP contribution in [0.3, 0.4) is 0 Å². The third-order valence-electron chi connectivity index (χ3n) is 2.69. The molecule has 0 aliphatic heterocycles. The van der Waals surface area contributed by atoms with E-state index in [1.54, 1.807) is 0 Å². The fourth-order valence-electron chi connectivity index (χ4n) is 1.68. The highest BCUT2D eigenvalue weighted by atomic mass is 16.5. The molecule has 0 unspecified atom stereocenters. The third kappa shape index (κ3) is 5.25. The Bertz CT molecular complexity index is 424. The first kappa shape index (κ1) is 14.6. The number of hydrogen-bond donors (Lipinski definition) is 1. The van der Waals surface area contributed by atoms with Crippen molar-refractivity contribution in [3.05, 3.63) is 29.3 Å². The zero-order valence-electron chi connectivity index (χ0n) is 11.5. The van der Waals surface area contributed by atoms with E-state index in [2.05, 4.69) is 25.7 Å². The van der Waals surface area contributed by atoms with Crippen molar-refractivity contribution in [3.63, 3.8) is 0 Å². The molecule has 0 spiro atoms. The van der Waals surface area contributed by atoms with Gasteiger partial charge in [-0.1, -0.05) is 25.7 Å². The predicted octanol–water partition coefficient (Wildman–Crippen LogP) is 3.15. The molecule has 2 nitrogen and oxygen atoms in total. The fraction of sp³-hybridized carbons (Fsp3) is 0.500. The molecule has 0 aromatic heterocycles. The number of aliphatic hydroxyl groups excluding tert-OH is 1. The molecule has 0 saturated carbocycles. The predicted molar refractivity (Wildman–Crippen MR) is 74.7 cm³/mol. The van der Waals surface area contributed by atoms with Crippen LogP contribution in [0, 0.1) is 24.7 Å². The molecule has 0 aliphatic rings. The van der Waals surface area contributed by atoms with Gasteiger partial charge in [0.05, 0.1) is 6.61 Å². The van der Waals surface area contributed by atoms with Gasteiger partial charge in [0.15, 0.2) is 0 Å². The lowest BCUT2D eigenvalue weighted by Gasteiger charge is -2.09. The fourth-order valence-corrected chi connectivity index (χ4v) is 1.68. The monoisotopic (exact) mass is 246 g/mol. The molecule has 98 valence electrons. The summed E-state index contributed by atoms with van der Waals surface area (Å²) in [6.45, 7) is 7.10. The SMILES string of the molecule is Cc1cc(OCCCC(C)C)ccc1C#CCO. The topological polar surface area (TPSA) is 29.5 Å². The van der Waals surface area contributed by atoms with Crippen LogP contribution in [0.15, 0.2) is 18.2 Å². The van der Waals surface area contributed by atoms with Gasteiger partial charge in [-0.25, -0.2) is 0 Å². The van der Waals surface area contributed by atoms with Gasteiger partial charge in [-0.05, 0) is 49.4 Å². The van der Waals surface area contributed by atoms with Gasteiger partial charge in [0.2, 0.25) is 0 Å². The Morgan fingerprint density at radius 1 is 1.33 bits per heavy atom. The van der Waals surface area contributed by atoms with Gasteiger partial charge in [-0.3, -0.25) is 0 Å². The van der Waals surface area contributed by atoms with E-state index in [0.717, 1.165) is 35.8 Å². The molecule has 1 N–H and O–H groups in total. The Hall–Kier alpha value is -1.46. The summed E-state index contributed by atoms with van der Waals surface area (Å²) in [4.78, 5) is 0. The third-order valence-corrected chi connectivity index (χ3v) is 2.69. The summed E-state index contributed by atoms with van der Waals surface area (Å²) in [5, 5.41) is 8.66. The van der Waals surface area contributed by atoms with E-state index in [0.29, 0.717) is 0 Å². The number of aryl methyl sites for hydroxylation is 1. The van der Waals surface area contributed by atoms with E-state index in [-0.39, 0.29) is 6.61 Å². The van der Waals surface area contributed by atoms with Crippen LogP contribution >= 0.6 is 0 Å². The van der Waals surface area contributed by atoms with Crippen molar-refractivity contribution in [1.82, 2.24) is 0 Å². The Kier molecular flexibility index (Phi) is 6.32. The van der Waals surface area contributed by atoms with Crippen LogP contribution in [-0.4, -0.2) is 18.3 Å². The molecule has 0 heterocycles. The smallest absolute Gasteiger partial charge is 0.119 e. The molecule has 18 heavy (non-hydrogen) atoms. The zero-order valence-corrected chi connectivity index (χ0v) is 11.5. The van der Waals surface area contributed by atoms with Crippen LogP contribution in [0.1, 0.15) is 37.8 Å². The van der Waals surface area contributed by atoms with Gasteiger partial charge in [-0.2, -0.15) is 0 Å². The van der Waals surface area contributed by atoms with Crippen LogP contribution in [0.25, 0.3) is 0 Å². The van der Waals surface area contributed by atoms with E-state index >= 15 is 0 Å². The zero-order chi connectivity index (χ0) is 13.4. The van der Waals surface area contributed by atoms with E-state index < -0.39 is 0 Å². The first-order chi connectivity index (χ1) is 8.63. The van der Waals surface area contributed by atoms with Gasteiger partial charge >= 0.3 is 0 Å². The molecule has 1 aromatic rings. The largest absolute Gasteiger partial charge is 0.494 e. The minimum atomic E-state index is -0.104. The van der Waals surface area contributed by atoms with Crippen molar-refractivity contribution < 1.29 is 9.84 Å². The molecular formula is C16H22O2. The maximum Gasteiger partial charge on any atom is 0.119 e. The van der Waals surface area contributed by atoms with E-state index in [4.69, 9.17) is 9.84 Å². The van der Waals surface area contributed by atoms with Gasteiger partial charge < -0.3 is 9.84 Å². The van der Waals surface area contributed by atoms with E-state index in [1.807, 2.05) is 25.1 Å². The first-order valence-electron chi connectivity index (χ1n) is 6.46. The summed E-state index contributed by atoms with van der Waals surface area (Å²) >= 11 is 0. The average molecular weight is 246 g/mol. The van der Waals surface area contributed by atoms with Crippen LogP contribution < -0.4 is 4.74 Å². The second-order valence-electron chi connectivity index (χ2n) is 4.82. The van der Waals surface area contributed by atoms with Crippen LogP contribution in [0.4, 0.5) is 0 Å². The molecule has 0 radical (unpaired) electrons. The lowest BCUT2D eigenvalue weighted by atomic mass is 10.1. The molecule has 0 bridgehead atoms. The van der Waals surface area contributed by atoms with Crippen molar-refractivity contribution in [2.45, 2.75) is 33.6 Å². The highest BCUT2D eigenvalue weighted by Crippen LogP contribution is 2.17. The van der Waals surface area contributed by atoms with E-state index in [9.17, 15) is 0 Å². The second kappa shape index (κ2) is 7.79. The lowest BCUT2D eigenvalue weighted by Crippen LogP contribution is -2.00. The minimum Gasteiger partial charge on any atom is -0.494 e. The Labute approximate surface area is 110 Å². The van der Waals surface area contributed by atoms with Crippen molar-refractivity contribution >= 4 is 0 Å². The molecule has 0 atom stereocenters. The highest BCUT2D eigenvalue weighted by molar-refractivity contribution is 5.44. The molecule has 1 rings (SSSR count).